The topological polar surface area (TPSA) is 60.9 Å². The average Bonchev–Trinajstić information content (AvgIpc) is 2.69. The van der Waals surface area contributed by atoms with Crippen molar-refractivity contribution >= 4 is 35.1 Å². The molecule has 1 atom stereocenters. The fourth-order valence-corrected chi connectivity index (χ4v) is 4.06. The lowest BCUT2D eigenvalue weighted by Gasteiger charge is -2.39. The Morgan fingerprint density at radius 3 is 2.28 bits per heavy atom. The highest BCUT2D eigenvalue weighted by atomic mass is 35.5. The molecule has 8 heteroatoms. The van der Waals surface area contributed by atoms with E-state index in [0.29, 0.717) is 48.2 Å². The van der Waals surface area contributed by atoms with Crippen molar-refractivity contribution in [3.63, 3.8) is 0 Å². The molecule has 1 saturated heterocycles. The first-order chi connectivity index (χ1) is 13.8. The van der Waals surface area contributed by atoms with Gasteiger partial charge in [-0.2, -0.15) is 0 Å². The maximum atomic E-state index is 13.3. The standard InChI is InChI=1S/C21H21Cl2FN2O3/c22-15-3-6-17(18(23)13-15)21(29)26-11-9-25(10-12-26)19(7-8-20(27)28)14-1-4-16(24)5-2-14/h1-6,13,19H,7-12H2,(H,27,28)/t19-/m0/s1. The third-order valence-electron chi connectivity index (χ3n) is 5.09. The zero-order chi connectivity index (χ0) is 21.0. The minimum absolute atomic E-state index is 0.0154. The second-order valence-electron chi connectivity index (χ2n) is 6.95. The Balaban J connectivity index is 1.69. The van der Waals surface area contributed by atoms with Gasteiger partial charge in [0.2, 0.25) is 0 Å². The van der Waals surface area contributed by atoms with Gasteiger partial charge in [-0.05, 0) is 42.3 Å². The summed E-state index contributed by atoms with van der Waals surface area (Å²) >= 11 is 12.1. The molecule has 1 heterocycles. The molecule has 29 heavy (non-hydrogen) atoms. The minimum Gasteiger partial charge on any atom is -0.481 e. The van der Waals surface area contributed by atoms with Gasteiger partial charge in [-0.15, -0.1) is 0 Å². The van der Waals surface area contributed by atoms with Crippen molar-refractivity contribution in [3.05, 3.63) is 69.5 Å². The lowest BCUT2D eigenvalue weighted by atomic mass is 9.99. The number of hydrogen-bond acceptors (Lipinski definition) is 3. The van der Waals surface area contributed by atoms with E-state index in [1.807, 2.05) is 0 Å². The fourth-order valence-electron chi connectivity index (χ4n) is 3.58. The third kappa shape index (κ3) is 5.47. The van der Waals surface area contributed by atoms with Crippen LogP contribution in [0.25, 0.3) is 0 Å². The quantitative estimate of drug-likeness (QED) is 0.721. The Morgan fingerprint density at radius 1 is 1.03 bits per heavy atom. The third-order valence-corrected chi connectivity index (χ3v) is 5.64. The van der Waals surface area contributed by atoms with Gasteiger partial charge in [0, 0.05) is 43.7 Å². The van der Waals surface area contributed by atoms with Gasteiger partial charge in [-0.1, -0.05) is 35.3 Å². The van der Waals surface area contributed by atoms with Gasteiger partial charge in [0.1, 0.15) is 5.82 Å². The molecule has 0 spiro atoms. The molecule has 0 saturated carbocycles. The van der Waals surface area contributed by atoms with Crippen LogP contribution in [-0.2, 0) is 4.79 Å². The molecule has 3 rings (SSSR count). The van der Waals surface area contributed by atoms with Crippen LogP contribution in [0.3, 0.4) is 0 Å². The zero-order valence-corrected chi connectivity index (χ0v) is 17.2. The summed E-state index contributed by atoms with van der Waals surface area (Å²) in [5.74, 6) is -1.36. The lowest BCUT2D eigenvalue weighted by molar-refractivity contribution is -0.137. The van der Waals surface area contributed by atoms with Crippen LogP contribution in [0.5, 0.6) is 0 Å². The van der Waals surface area contributed by atoms with Crippen molar-refractivity contribution in [2.24, 2.45) is 0 Å². The summed E-state index contributed by atoms with van der Waals surface area (Å²) in [5, 5.41) is 9.87. The van der Waals surface area contributed by atoms with Crippen molar-refractivity contribution in [2.45, 2.75) is 18.9 Å². The van der Waals surface area contributed by atoms with Crippen molar-refractivity contribution in [3.8, 4) is 0 Å². The first kappa shape index (κ1) is 21.6. The number of aliphatic carboxylic acids is 1. The van der Waals surface area contributed by atoms with Crippen molar-refractivity contribution < 1.29 is 19.1 Å². The van der Waals surface area contributed by atoms with E-state index < -0.39 is 5.97 Å². The molecule has 0 aliphatic carbocycles. The van der Waals surface area contributed by atoms with Crippen LogP contribution in [0.1, 0.15) is 34.8 Å². The molecule has 1 aliphatic rings. The number of carbonyl (C=O) groups is 2. The Hall–Kier alpha value is -2.15. The van der Waals surface area contributed by atoms with E-state index in [1.54, 1.807) is 35.2 Å². The summed E-state index contributed by atoms with van der Waals surface area (Å²) in [6.45, 7) is 2.14. The maximum absolute atomic E-state index is 13.3. The lowest BCUT2D eigenvalue weighted by Crippen LogP contribution is -2.49. The van der Waals surface area contributed by atoms with E-state index in [2.05, 4.69) is 4.90 Å². The highest BCUT2D eigenvalue weighted by molar-refractivity contribution is 6.36. The molecule has 1 fully saturated rings. The molecule has 1 amide bonds. The number of piperazine rings is 1. The predicted octanol–water partition coefficient (Wildman–Crippen LogP) is 4.50. The monoisotopic (exact) mass is 438 g/mol. The van der Waals surface area contributed by atoms with Crippen molar-refractivity contribution in [2.75, 3.05) is 26.2 Å². The average molecular weight is 439 g/mol. The van der Waals surface area contributed by atoms with Gasteiger partial charge in [-0.25, -0.2) is 4.39 Å². The molecule has 2 aromatic carbocycles. The molecule has 0 radical (unpaired) electrons. The van der Waals surface area contributed by atoms with Gasteiger partial charge >= 0.3 is 5.97 Å². The van der Waals surface area contributed by atoms with Crippen molar-refractivity contribution in [1.82, 2.24) is 9.80 Å². The number of amides is 1. The van der Waals surface area contributed by atoms with Gasteiger partial charge in [0.15, 0.2) is 0 Å². The Bertz CT molecular complexity index is 884. The Morgan fingerprint density at radius 2 is 1.69 bits per heavy atom. The summed E-state index contributed by atoms with van der Waals surface area (Å²) < 4.78 is 13.3. The molecule has 0 bridgehead atoms. The Kier molecular flexibility index (Phi) is 7.11. The normalized spacial score (nSPS) is 15.9. The summed E-state index contributed by atoms with van der Waals surface area (Å²) in [5.41, 5.74) is 1.28. The van der Waals surface area contributed by atoms with Crippen LogP contribution >= 0.6 is 23.2 Å². The second-order valence-corrected chi connectivity index (χ2v) is 7.80. The summed E-state index contributed by atoms with van der Waals surface area (Å²) in [4.78, 5) is 27.7. The number of carboxylic acid groups (broad SMARTS) is 1. The molecule has 0 unspecified atom stereocenters. The van der Waals surface area contributed by atoms with Gasteiger partial charge < -0.3 is 10.0 Å². The highest BCUT2D eigenvalue weighted by Gasteiger charge is 2.28. The van der Waals surface area contributed by atoms with Crippen LogP contribution in [0.15, 0.2) is 42.5 Å². The van der Waals surface area contributed by atoms with Crippen molar-refractivity contribution in [1.29, 1.82) is 0 Å². The summed E-state index contributed by atoms with van der Waals surface area (Å²) in [6.07, 6.45) is 0.430. The van der Waals surface area contributed by atoms with Crippen LogP contribution in [0, 0.1) is 5.82 Å². The number of hydrogen-bond donors (Lipinski definition) is 1. The van der Waals surface area contributed by atoms with Crippen LogP contribution in [0.4, 0.5) is 4.39 Å². The van der Waals surface area contributed by atoms with E-state index in [-0.39, 0.29) is 24.2 Å². The first-order valence-corrected chi connectivity index (χ1v) is 10.1. The molecule has 1 N–H and O–H groups in total. The van der Waals surface area contributed by atoms with E-state index in [4.69, 9.17) is 28.3 Å². The molecule has 5 nitrogen and oxygen atoms in total. The van der Waals surface area contributed by atoms with Gasteiger partial charge in [0.25, 0.3) is 5.91 Å². The van der Waals surface area contributed by atoms with E-state index >= 15 is 0 Å². The second kappa shape index (κ2) is 9.57. The number of nitrogens with zero attached hydrogens (tertiary/aromatic N) is 2. The maximum Gasteiger partial charge on any atom is 0.303 e. The summed E-state index contributed by atoms with van der Waals surface area (Å²) in [7, 11) is 0. The smallest absolute Gasteiger partial charge is 0.303 e. The molecule has 1 aliphatic heterocycles. The number of carboxylic acids is 1. The molecule has 2 aromatic rings. The molecule has 154 valence electrons. The Labute approximate surface area is 178 Å². The van der Waals surface area contributed by atoms with E-state index in [1.165, 1.54) is 12.1 Å². The molecular weight excluding hydrogens is 418 g/mol. The number of rotatable bonds is 6. The number of halogens is 3. The summed E-state index contributed by atoms with van der Waals surface area (Å²) in [6, 6.07) is 10.8. The fraction of sp³-hybridized carbons (Fsp3) is 0.333. The molecular formula is C21H21Cl2FN2O3. The van der Waals surface area contributed by atoms with Gasteiger partial charge in [-0.3, -0.25) is 14.5 Å². The predicted molar refractivity (Wildman–Crippen MR) is 110 cm³/mol. The zero-order valence-electron chi connectivity index (χ0n) is 15.7. The highest BCUT2D eigenvalue weighted by Crippen LogP contribution is 2.28. The van der Waals surface area contributed by atoms with Crippen LogP contribution in [-0.4, -0.2) is 53.0 Å². The van der Waals surface area contributed by atoms with Crippen LogP contribution < -0.4 is 0 Å². The largest absolute Gasteiger partial charge is 0.481 e. The van der Waals surface area contributed by atoms with E-state index in [0.717, 1.165) is 5.56 Å². The number of carbonyl (C=O) groups excluding carboxylic acids is 1. The SMILES string of the molecule is O=C(O)CC[C@@H](c1ccc(F)cc1)N1CCN(C(=O)c2ccc(Cl)cc2Cl)CC1. The minimum atomic E-state index is -0.872. The van der Waals surface area contributed by atoms with Crippen LogP contribution in [0.2, 0.25) is 10.0 Å². The molecule has 0 aromatic heterocycles. The number of benzene rings is 2. The first-order valence-electron chi connectivity index (χ1n) is 9.31. The van der Waals surface area contributed by atoms with Gasteiger partial charge in [0.05, 0.1) is 10.6 Å². The van der Waals surface area contributed by atoms with E-state index in [9.17, 15) is 14.0 Å².